The summed E-state index contributed by atoms with van der Waals surface area (Å²) in [5, 5.41) is 0. The normalized spacial score (nSPS) is 20.2. The summed E-state index contributed by atoms with van der Waals surface area (Å²) in [5.41, 5.74) is 7.80. The zero-order chi connectivity index (χ0) is 13.0. The molecule has 0 amide bonds. The quantitative estimate of drug-likeness (QED) is 0.867. The van der Waals surface area contributed by atoms with Crippen molar-refractivity contribution in [2.45, 2.75) is 26.4 Å². The summed E-state index contributed by atoms with van der Waals surface area (Å²) in [6.07, 6.45) is 4.26. The average Bonchev–Trinajstić information content (AvgIpc) is 2.41. The summed E-state index contributed by atoms with van der Waals surface area (Å²) in [6.45, 7) is 5.32. The first kappa shape index (κ1) is 13.2. The summed E-state index contributed by atoms with van der Waals surface area (Å²) in [4.78, 5) is 11.3. The number of methoxy groups -OCH3 is 1. The van der Waals surface area contributed by atoms with Gasteiger partial charge in [0, 0.05) is 37.7 Å². The maximum atomic E-state index is 5.75. The van der Waals surface area contributed by atoms with Crippen LogP contribution in [0.4, 0.5) is 5.95 Å². The van der Waals surface area contributed by atoms with Crippen LogP contribution >= 0.6 is 0 Å². The third kappa shape index (κ3) is 2.97. The van der Waals surface area contributed by atoms with Crippen LogP contribution < -0.4 is 10.6 Å². The number of aryl methyl sites for hydroxylation is 1. The number of aromatic nitrogens is 2. The van der Waals surface area contributed by atoms with Crippen LogP contribution in [0.3, 0.4) is 0 Å². The number of hydrogen-bond donors (Lipinski definition) is 1. The van der Waals surface area contributed by atoms with Crippen LogP contribution in [0.15, 0.2) is 6.20 Å². The van der Waals surface area contributed by atoms with E-state index in [0.717, 1.165) is 36.8 Å². The molecule has 0 radical (unpaired) electrons. The molecule has 1 saturated heterocycles. The second kappa shape index (κ2) is 6.11. The molecule has 1 aromatic rings. The van der Waals surface area contributed by atoms with Crippen molar-refractivity contribution < 1.29 is 4.74 Å². The summed E-state index contributed by atoms with van der Waals surface area (Å²) >= 11 is 0. The van der Waals surface area contributed by atoms with Crippen LogP contribution in [0.1, 0.15) is 24.1 Å². The molecule has 2 rings (SSSR count). The van der Waals surface area contributed by atoms with E-state index in [0.29, 0.717) is 12.5 Å². The van der Waals surface area contributed by atoms with Gasteiger partial charge in [-0.2, -0.15) is 0 Å². The molecule has 2 heterocycles. The van der Waals surface area contributed by atoms with Crippen LogP contribution in [-0.4, -0.2) is 36.7 Å². The van der Waals surface area contributed by atoms with Crippen LogP contribution in [0.25, 0.3) is 0 Å². The SMILES string of the molecule is COCc1cnc(N2CCCC(CN)C2)nc1C. The molecule has 0 bridgehead atoms. The van der Waals surface area contributed by atoms with Gasteiger partial charge in [0.2, 0.25) is 5.95 Å². The Balaban J connectivity index is 2.10. The molecule has 5 heteroatoms. The number of rotatable bonds is 4. The summed E-state index contributed by atoms with van der Waals surface area (Å²) in [7, 11) is 1.68. The van der Waals surface area contributed by atoms with E-state index >= 15 is 0 Å². The lowest BCUT2D eigenvalue weighted by Gasteiger charge is -2.32. The highest BCUT2D eigenvalue weighted by Gasteiger charge is 2.21. The lowest BCUT2D eigenvalue weighted by Crippen LogP contribution is -2.39. The lowest BCUT2D eigenvalue weighted by atomic mass is 9.99. The van der Waals surface area contributed by atoms with Gasteiger partial charge in [-0.15, -0.1) is 0 Å². The monoisotopic (exact) mass is 250 g/mol. The summed E-state index contributed by atoms with van der Waals surface area (Å²) in [5.74, 6) is 1.40. The molecule has 0 spiro atoms. The van der Waals surface area contributed by atoms with Crippen LogP contribution in [0, 0.1) is 12.8 Å². The predicted molar refractivity (Wildman–Crippen MR) is 71.5 cm³/mol. The van der Waals surface area contributed by atoms with E-state index in [4.69, 9.17) is 10.5 Å². The zero-order valence-corrected chi connectivity index (χ0v) is 11.2. The number of hydrogen-bond acceptors (Lipinski definition) is 5. The maximum Gasteiger partial charge on any atom is 0.225 e. The van der Waals surface area contributed by atoms with Gasteiger partial charge in [-0.05, 0) is 32.2 Å². The summed E-state index contributed by atoms with van der Waals surface area (Å²) < 4.78 is 5.12. The minimum Gasteiger partial charge on any atom is -0.380 e. The van der Waals surface area contributed by atoms with Gasteiger partial charge >= 0.3 is 0 Å². The molecule has 1 aliphatic rings. The predicted octanol–water partition coefficient (Wildman–Crippen LogP) is 1.11. The largest absolute Gasteiger partial charge is 0.380 e. The Labute approximate surface area is 108 Å². The molecule has 1 aromatic heterocycles. The highest BCUT2D eigenvalue weighted by Crippen LogP contribution is 2.20. The molecule has 0 aliphatic carbocycles. The van der Waals surface area contributed by atoms with Gasteiger partial charge in [0.15, 0.2) is 0 Å². The van der Waals surface area contributed by atoms with Crippen LogP contribution in [0.2, 0.25) is 0 Å². The van der Waals surface area contributed by atoms with E-state index in [1.807, 2.05) is 13.1 Å². The Morgan fingerprint density at radius 3 is 3.06 bits per heavy atom. The topological polar surface area (TPSA) is 64.3 Å². The van der Waals surface area contributed by atoms with Crippen molar-refractivity contribution in [3.05, 3.63) is 17.5 Å². The van der Waals surface area contributed by atoms with Crippen molar-refractivity contribution in [3.8, 4) is 0 Å². The summed E-state index contributed by atoms with van der Waals surface area (Å²) in [6, 6.07) is 0. The Bertz CT molecular complexity index is 397. The van der Waals surface area contributed by atoms with Crippen LogP contribution in [-0.2, 0) is 11.3 Å². The molecule has 5 nitrogen and oxygen atoms in total. The Hall–Kier alpha value is -1.20. The highest BCUT2D eigenvalue weighted by molar-refractivity contribution is 5.33. The first-order chi connectivity index (χ1) is 8.74. The molecule has 1 aliphatic heterocycles. The van der Waals surface area contributed by atoms with Gasteiger partial charge in [0.1, 0.15) is 0 Å². The van der Waals surface area contributed by atoms with Crippen molar-refractivity contribution in [1.82, 2.24) is 9.97 Å². The Morgan fingerprint density at radius 1 is 1.56 bits per heavy atom. The van der Waals surface area contributed by atoms with Crippen molar-refractivity contribution in [3.63, 3.8) is 0 Å². The molecule has 100 valence electrons. The van der Waals surface area contributed by atoms with Crippen molar-refractivity contribution in [2.75, 3.05) is 31.6 Å². The first-order valence-electron chi connectivity index (χ1n) is 6.51. The van der Waals surface area contributed by atoms with Gasteiger partial charge in [0.25, 0.3) is 0 Å². The molecule has 0 aromatic carbocycles. The number of ether oxygens (including phenoxy) is 1. The van der Waals surface area contributed by atoms with Crippen LogP contribution in [0.5, 0.6) is 0 Å². The molecular weight excluding hydrogens is 228 g/mol. The molecular formula is C13H22N4O. The Morgan fingerprint density at radius 2 is 2.39 bits per heavy atom. The molecule has 18 heavy (non-hydrogen) atoms. The highest BCUT2D eigenvalue weighted by atomic mass is 16.5. The fraction of sp³-hybridized carbons (Fsp3) is 0.692. The van der Waals surface area contributed by atoms with E-state index in [2.05, 4.69) is 14.9 Å². The molecule has 1 unspecified atom stereocenters. The minimum absolute atomic E-state index is 0.567. The second-order valence-electron chi connectivity index (χ2n) is 4.90. The molecule has 2 N–H and O–H groups in total. The van der Waals surface area contributed by atoms with Gasteiger partial charge in [0.05, 0.1) is 6.61 Å². The van der Waals surface area contributed by atoms with Crippen molar-refractivity contribution in [2.24, 2.45) is 11.7 Å². The smallest absolute Gasteiger partial charge is 0.225 e. The second-order valence-corrected chi connectivity index (χ2v) is 4.90. The standard InChI is InChI=1S/C13H22N4O/c1-10-12(9-18-2)7-15-13(16-10)17-5-3-4-11(6-14)8-17/h7,11H,3-6,8-9,14H2,1-2H3. The first-order valence-corrected chi connectivity index (χ1v) is 6.51. The fourth-order valence-electron chi connectivity index (χ4n) is 2.37. The zero-order valence-electron chi connectivity index (χ0n) is 11.2. The third-order valence-electron chi connectivity index (χ3n) is 3.50. The van der Waals surface area contributed by atoms with Crippen molar-refractivity contribution >= 4 is 5.95 Å². The van der Waals surface area contributed by atoms with Crippen molar-refractivity contribution in [1.29, 1.82) is 0 Å². The molecule has 1 fully saturated rings. The van der Waals surface area contributed by atoms with Gasteiger partial charge in [-0.1, -0.05) is 0 Å². The average molecular weight is 250 g/mol. The van der Waals surface area contributed by atoms with E-state index in [9.17, 15) is 0 Å². The lowest BCUT2D eigenvalue weighted by molar-refractivity contribution is 0.183. The Kier molecular flexibility index (Phi) is 4.49. The molecule has 0 saturated carbocycles. The van der Waals surface area contributed by atoms with E-state index in [-0.39, 0.29) is 0 Å². The van der Waals surface area contributed by atoms with Gasteiger partial charge < -0.3 is 15.4 Å². The number of nitrogens with zero attached hydrogens (tertiary/aromatic N) is 3. The third-order valence-corrected chi connectivity index (χ3v) is 3.50. The number of anilines is 1. The number of nitrogens with two attached hydrogens (primary N) is 1. The van der Waals surface area contributed by atoms with E-state index in [1.54, 1.807) is 7.11 Å². The van der Waals surface area contributed by atoms with Gasteiger partial charge in [-0.25, -0.2) is 9.97 Å². The van der Waals surface area contributed by atoms with E-state index < -0.39 is 0 Å². The maximum absolute atomic E-state index is 5.75. The van der Waals surface area contributed by atoms with Gasteiger partial charge in [-0.3, -0.25) is 0 Å². The fourth-order valence-corrected chi connectivity index (χ4v) is 2.37. The number of piperidine rings is 1. The minimum atomic E-state index is 0.567. The van der Waals surface area contributed by atoms with E-state index in [1.165, 1.54) is 12.8 Å². The molecule has 1 atom stereocenters.